The quantitative estimate of drug-likeness (QED) is 0.115. The van der Waals surface area contributed by atoms with Gasteiger partial charge in [0.05, 0.1) is 25.4 Å². The van der Waals surface area contributed by atoms with Crippen LogP contribution in [0.2, 0.25) is 0 Å². The van der Waals surface area contributed by atoms with Crippen LogP contribution in [0.5, 0.6) is 11.5 Å². The van der Waals surface area contributed by atoms with Crippen LogP contribution < -0.4 is 20.4 Å². The van der Waals surface area contributed by atoms with Crippen molar-refractivity contribution < 1.29 is 96.0 Å². The number of ether oxygens (including phenoxy) is 7. The third-order valence-electron chi connectivity index (χ3n) is 12.7. The van der Waals surface area contributed by atoms with Crippen molar-refractivity contribution in [1.29, 1.82) is 0 Å². The standard InChI is InChI=1S/C24H33F3N2O8S.C19H25F3N2O7S/c25-24(26,27)36-20-6-4-18(5-7-20)17-35-19-8-12-29(13-9-19)38(31,32)23(10-15-33-16-11-23)22(30)28-37-21-3-1-2-14-34-21;20-19(21,22)31-16-3-1-14(2-4-16)13-30-15-5-9-24(10-6-15)32(27,28)18(17(25)23-26)7-11-29-12-8-18/h4-7,19,21H,1-3,8-17H2,(H,28,30);1-4,15,26H,5-13H2,(H,23,25). The van der Waals surface area contributed by atoms with Crippen LogP contribution in [0, 0.1) is 0 Å². The first kappa shape index (κ1) is 55.4. The van der Waals surface area contributed by atoms with Crippen molar-refractivity contribution in [2.75, 3.05) is 59.2 Å². The molecule has 2 amide bonds. The van der Waals surface area contributed by atoms with Crippen molar-refractivity contribution in [1.82, 2.24) is 19.6 Å². The second-order valence-electron chi connectivity index (χ2n) is 17.2. The molecular formula is C43H58F6N4O15S2. The number of hydroxylamine groups is 2. The van der Waals surface area contributed by atoms with E-state index >= 15 is 0 Å². The number of piperidine rings is 2. The van der Waals surface area contributed by atoms with Crippen LogP contribution in [0.15, 0.2) is 48.5 Å². The number of nitrogens with zero attached hydrogens (tertiary/aromatic N) is 2. The fourth-order valence-electron chi connectivity index (χ4n) is 8.70. The largest absolute Gasteiger partial charge is 0.573 e. The Morgan fingerprint density at radius 2 is 1.01 bits per heavy atom. The summed E-state index contributed by atoms with van der Waals surface area (Å²) in [4.78, 5) is 30.9. The molecule has 7 rings (SSSR count). The lowest BCUT2D eigenvalue weighted by atomic mass is 9.98. The normalized spacial score (nSPS) is 22.2. The summed E-state index contributed by atoms with van der Waals surface area (Å²) in [7, 11) is -8.10. The molecule has 0 saturated carbocycles. The molecule has 5 aliphatic heterocycles. The maximum atomic E-state index is 13.8. The highest BCUT2D eigenvalue weighted by atomic mass is 32.2. The molecule has 70 heavy (non-hydrogen) atoms. The van der Waals surface area contributed by atoms with Crippen molar-refractivity contribution in [2.24, 2.45) is 0 Å². The summed E-state index contributed by atoms with van der Waals surface area (Å²) in [6.07, 6.45) is -6.65. The molecule has 5 fully saturated rings. The molecule has 3 N–H and O–H groups in total. The van der Waals surface area contributed by atoms with Gasteiger partial charge < -0.3 is 33.2 Å². The first-order valence-corrected chi connectivity index (χ1v) is 25.6. The summed E-state index contributed by atoms with van der Waals surface area (Å²) in [5.41, 5.74) is 5.15. The van der Waals surface area contributed by atoms with Gasteiger partial charge in [-0.15, -0.1) is 26.3 Å². The van der Waals surface area contributed by atoms with Crippen molar-refractivity contribution in [2.45, 2.75) is 125 Å². The molecule has 0 bridgehead atoms. The molecule has 5 aliphatic rings. The van der Waals surface area contributed by atoms with E-state index in [4.69, 9.17) is 33.7 Å². The number of amides is 2. The zero-order valence-electron chi connectivity index (χ0n) is 38.0. The lowest BCUT2D eigenvalue weighted by Gasteiger charge is -2.41. The van der Waals surface area contributed by atoms with Gasteiger partial charge in [0.2, 0.25) is 20.0 Å². The predicted octanol–water partition coefficient (Wildman–Crippen LogP) is 4.97. The number of sulfonamides is 2. The van der Waals surface area contributed by atoms with Crippen LogP contribution in [0.1, 0.15) is 81.8 Å². The molecular weight excluding hydrogens is 991 g/mol. The van der Waals surface area contributed by atoms with Gasteiger partial charge >= 0.3 is 12.7 Å². The topological polar surface area (TPSA) is 227 Å². The molecule has 2 aromatic rings. The minimum Gasteiger partial charge on any atom is -0.406 e. The molecule has 5 heterocycles. The van der Waals surface area contributed by atoms with Crippen LogP contribution in [-0.2, 0) is 71.4 Å². The predicted molar refractivity (Wildman–Crippen MR) is 231 cm³/mol. The highest BCUT2D eigenvalue weighted by Gasteiger charge is 2.56. The highest BCUT2D eigenvalue weighted by Crippen LogP contribution is 2.37. The first-order chi connectivity index (χ1) is 33.2. The lowest BCUT2D eigenvalue weighted by molar-refractivity contribution is -0.275. The molecule has 19 nitrogen and oxygen atoms in total. The van der Waals surface area contributed by atoms with Crippen molar-refractivity contribution in [3.63, 3.8) is 0 Å². The molecule has 0 spiro atoms. The molecule has 1 atom stereocenters. The minimum atomic E-state index is -4.76. The Hall–Kier alpha value is -3.90. The number of hydrogen-bond acceptors (Lipinski definition) is 15. The number of hydrogen-bond donors (Lipinski definition) is 3. The van der Waals surface area contributed by atoms with E-state index in [1.807, 2.05) is 0 Å². The van der Waals surface area contributed by atoms with E-state index in [-0.39, 0.29) is 115 Å². The van der Waals surface area contributed by atoms with Gasteiger partial charge in [0.1, 0.15) is 11.5 Å². The Bertz CT molecular complexity index is 2210. The number of benzene rings is 2. The molecule has 0 aliphatic carbocycles. The van der Waals surface area contributed by atoms with Gasteiger partial charge in [-0.05, 0) is 73.9 Å². The zero-order valence-corrected chi connectivity index (χ0v) is 39.7. The summed E-state index contributed by atoms with van der Waals surface area (Å²) in [6.45, 7) is 1.94. The number of halogens is 6. The van der Waals surface area contributed by atoms with Crippen LogP contribution in [0.25, 0.3) is 0 Å². The number of rotatable bonds is 16. The number of carbonyl (C=O) groups is 2. The van der Waals surface area contributed by atoms with Crippen LogP contribution in [-0.4, -0.2) is 142 Å². The fraction of sp³-hybridized carbons (Fsp3) is 0.674. The summed E-state index contributed by atoms with van der Waals surface area (Å²) in [5.74, 6) is -2.32. The van der Waals surface area contributed by atoms with Gasteiger partial charge in [-0.3, -0.25) is 14.8 Å². The average Bonchev–Trinajstić information content (AvgIpc) is 3.35. The van der Waals surface area contributed by atoms with E-state index in [0.717, 1.165) is 12.8 Å². The molecule has 0 radical (unpaired) electrons. The summed E-state index contributed by atoms with van der Waals surface area (Å²) in [5, 5.41) is 9.10. The Labute approximate surface area is 401 Å². The minimum absolute atomic E-state index is 0.0144. The third-order valence-corrected chi connectivity index (χ3v) is 18.0. The van der Waals surface area contributed by atoms with Crippen molar-refractivity contribution in [3.8, 4) is 11.5 Å². The van der Waals surface area contributed by atoms with Crippen LogP contribution in [0.4, 0.5) is 26.3 Å². The Morgan fingerprint density at radius 1 is 0.614 bits per heavy atom. The van der Waals surface area contributed by atoms with Gasteiger partial charge in [0.15, 0.2) is 15.8 Å². The van der Waals surface area contributed by atoms with E-state index in [1.165, 1.54) is 62.6 Å². The zero-order chi connectivity index (χ0) is 50.6. The number of carbonyl (C=O) groups excluding carboxylic acids is 2. The van der Waals surface area contributed by atoms with E-state index in [9.17, 15) is 52.8 Å². The molecule has 0 aromatic heterocycles. The Kier molecular flexibility index (Phi) is 19.2. The van der Waals surface area contributed by atoms with Crippen LogP contribution >= 0.6 is 0 Å². The number of nitrogens with one attached hydrogen (secondary N) is 2. The van der Waals surface area contributed by atoms with E-state index in [2.05, 4.69) is 15.0 Å². The average molecular weight is 1050 g/mol. The maximum Gasteiger partial charge on any atom is 0.573 e. The van der Waals surface area contributed by atoms with Crippen molar-refractivity contribution >= 4 is 31.9 Å². The Morgan fingerprint density at radius 3 is 1.37 bits per heavy atom. The van der Waals surface area contributed by atoms with Gasteiger partial charge in [-0.25, -0.2) is 41.2 Å². The van der Waals surface area contributed by atoms with Gasteiger partial charge in [0.25, 0.3) is 11.8 Å². The van der Waals surface area contributed by atoms with Crippen LogP contribution in [0.3, 0.4) is 0 Å². The van der Waals surface area contributed by atoms with Gasteiger partial charge in [-0.1, -0.05) is 24.3 Å². The Balaban J connectivity index is 0.000000233. The smallest absolute Gasteiger partial charge is 0.406 e. The summed E-state index contributed by atoms with van der Waals surface area (Å²) < 4.78 is 162. The number of alkyl halides is 6. The molecule has 2 aromatic carbocycles. The van der Waals surface area contributed by atoms with Gasteiger partial charge in [-0.2, -0.15) is 0 Å². The first-order valence-electron chi connectivity index (χ1n) is 22.8. The van der Waals surface area contributed by atoms with Crippen molar-refractivity contribution in [3.05, 3.63) is 59.7 Å². The summed E-state index contributed by atoms with van der Waals surface area (Å²) in [6, 6.07) is 10.7. The second-order valence-corrected chi connectivity index (χ2v) is 21.7. The highest BCUT2D eigenvalue weighted by molar-refractivity contribution is 7.91. The van der Waals surface area contributed by atoms with E-state index in [1.54, 1.807) is 0 Å². The maximum absolute atomic E-state index is 13.8. The lowest BCUT2D eigenvalue weighted by Crippen LogP contribution is -2.61. The fourth-order valence-corrected chi connectivity index (χ4v) is 13.0. The third kappa shape index (κ3) is 14.4. The van der Waals surface area contributed by atoms with Gasteiger partial charge in [0, 0.05) is 91.3 Å². The van der Waals surface area contributed by atoms with E-state index < -0.39 is 60.4 Å². The monoisotopic (exact) mass is 1050 g/mol. The molecule has 5 saturated heterocycles. The van der Waals surface area contributed by atoms with E-state index in [0.29, 0.717) is 49.8 Å². The second kappa shape index (κ2) is 24.2. The summed E-state index contributed by atoms with van der Waals surface area (Å²) >= 11 is 0. The SMILES string of the molecule is O=C(NO)C1(S(=O)(=O)N2CCC(OCc3ccc(OC(F)(F)F)cc3)CC2)CCOCC1.O=C(NOC1CCCCO1)C1(S(=O)(=O)N2CCC(OCc3ccc(OC(F)(F)F)cc3)CC2)CCOCC1. The molecule has 394 valence electrons. The molecule has 1 unspecified atom stereocenters. The molecule has 27 heteroatoms.